The highest BCUT2D eigenvalue weighted by Crippen LogP contribution is 2.28. The third-order valence-corrected chi connectivity index (χ3v) is 2.84. The van der Waals surface area contributed by atoms with Crippen LogP contribution >= 0.6 is 11.6 Å². The van der Waals surface area contributed by atoms with E-state index < -0.39 is 0 Å². The number of rotatable bonds is 4. The lowest BCUT2D eigenvalue weighted by Gasteiger charge is -2.11. The maximum absolute atomic E-state index is 8.88. The summed E-state index contributed by atoms with van der Waals surface area (Å²) in [6, 6.07) is 8.83. The van der Waals surface area contributed by atoms with Gasteiger partial charge in [0.05, 0.1) is 24.4 Å². The van der Waals surface area contributed by atoms with Crippen molar-refractivity contribution in [2.45, 2.75) is 13.3 Å². The van der Waals surface area contributed by atoms with Crippen LogP contribution in [0.15, 0.2) is 24.3 Å². The van der Waals surface area contributed by atoms with Crippen LogP contribution in [0.25, 0.3) is 0 Å². The van der Waals surface area contributed by atoms with Crippen molar-refractivity contribution >= 4 is 23.1 Å². The molecule has 20 heavy (non-hydrogen) atoms. The second kappa shape index (κ2) is 6.22. The standard InChI is InChI=1S/C14H13ClN4O/c1-3-13-18-12(15)7-14(19-13)17-10-5-4-9(8-16)6-11(10)20-2/h4-7H,3H2,1-2H3,(H,17,18,19). The van der Waals surface area contributed by atoms with Crippen LogP contribution in [0, 0.1) is 11.3 Å². The number of halogens is 1. The number of hydrogen-bond donors (Lipinski definition) is 1. The predicted molar refractivity (Wildman–Crippen MR) is 77.4 cm³/mol. The van der Waals surface area contributed by atoms with E-state index in [9.17, 15) is 0 Å². The number of hydrogen-bond acceptors (Lipinski definition) is 5. The minimum absolute atomic E-state index is 0.381. The smallest absolute Gasteiger partial charge is 0.143 e. The quantitative estimate of drug-likeness (QED) is 0.874. The zero-order valence-electron chi connectivity index (χ0n) is 11.1. The Morgan fingerprint density at radius 3 is 2.80 bits per heavy atom. The molecule has 0 radical (unpaired) electrons. The van der Waals surface area contributed by atoms with E-state index in [4.69, 9.17) is 21.6 Å². The van der Waals surface area contributed by atoms with Crippen LogP contribution < -0.4 is 10.1 Å². The number of aromatic nitrogens is 2. The van der Waals surface area contributed by atoms with E-state index in [1.54, 1.807) is 31.4 Å². The molecule has 2 aromatic rings. The van der Waals surface area contributed by atoms with Crippen molar-refractivity contribution in [3.8, 4) is 11.8 Å². The van der Waals surface area contributed by atoms with Gasteiger partial charge >= 0.3 is 0 Å². The van der Waals surface area contributed by atoms with Gasteiger partial charge in [0.15, 0.2) is 0 Å². The summed E-state index contributed by atoms with van der Waals surface area (Å²) in [4.78, 5) is 8.44. The molecule has 1 heterocycles. The summed E-state index contributed by atoms with van der Waals surface area (Å²) in [6.07, 6.45) is 0.694. The second-order valence-corrected chi connectivity index (χ2v) is 4.38. The SMILES string of the molecule is CCc1nc(Cl)cc(Nc2ccc(C#N)cc2OC)n1. The van der Waals surface area contributed by atoms with Gasteiger partial charge in [-0.1, -0.05) is 18.5 Å². The fourth-order valence-electron chi connectivity index (χ4n) is 1.69. The summed E-state index contributed by atoms with van der Waals surface area (Å²) in [5.41, 5.74) is 1.24. The summed E-state index contributed by atoms with van der Waals surface area (Å²) >= 11 is 5.95. The highest BCUT2D eigenvalue weighted by atomic mass is 35.5. The molecule has 0 atom stereocenters. The summed E-state index contributed by atoms with van der Waals surface area (Å²) in [7, 11) is 1.55. The van der Waals surface area contributed by atoms with Crippen molar-refractivity contribution in [1.29, 1.82) is 5.26 Å². The maximum atomic E-state index is 8.88. The number of anilines is 2. The molecule has 0 saturated heterocycles. The minimum atomic E-state index is 0.381. The van der Waals surface area contributed by atoms with Gasteiger partial charge in [0.2, 0.25) is 0 Å². The molecule has 1 N–H and O–H groups in total. The van der Waals surface area contributed by atoms with Crippen molar-refractivity contribution in [3.05, 3.63) is 40.8 Å². The molecule has 0 fully saturated rings. The Labute approximate surface area is 122 Å². The fraction of sp³-hybridized carbons (Fsp3) is 0.214. The zero-order valence-corrected chi connectivity index (χ0v) is 11.9. The van der Waals surface area contributed by atoms with E-state index in [0.717, 1.165) is 0 Å². The van der Waals surface area contributed by atoms with Gasteiger partial charge in [-0.25, -0.2) is 9.97 Å². The Kier molecular flexibility index (Phi) is 4.38. The molecule has 0 saturated carbocycles. The molecule has 2 rings (SSSR count). The van der Waals surface area contributed by atoms with Crippen molar-refractivity contribution in [3.63, 3.8) is 0 Å². The number of nitrogens with zero attached hydrogens (tertiary/aromatic N) is 3. The Morgan fingerprint density at radius 1 is 1.35 bits per heavy atom. The normalized spacial score (nSPS) is 9.90. The molecule has 1 aromatic carbocycles. The van der Waals surface area contributed by atoms with Gasteiger partial charge in [0, 0.05) is 18.6 Å². The van der Waals surface area contributed by atoms with Gasteiger partial charge in [0.1, 0.15) is 22.5 Å². The van der Waals surface area contributed by atoms with E-state index in [0.29, 0.717) is 40.2 Å². The van der Waals surface area contributed by atoms with Gasteiger partial charge in [-0.05, 0) is 12.1 Å². The van der Waals surface area contributed by atoms with Crippen LogP contribution in [-0.2, 0) is 6.42 Å². The lowest BCUT2D eigenvalue weighted by atomic mass is 10.2. The van der Waals surface area contributed by atoms with Gasteiger partial charge in [-0.3, -0.25) is 0 Å². The number of nitriles is 1. The first-order chi connectivity index (χ1) is 9.66. The van der Waals surface area contributed by atoms with Crippen LogP contribution in [0.2, 0.25) is 5.15 Å². The van der Waals surface area contributed by atoms with Gasteiger partial charge in [0.25, 0.3) is 0 Å². The molecular weight excluding hydrogens is 276 g/mol. The Bertz CT molecular complexity index is 667. The molecule has 0 bridgehead atoms. The third-order valence-electron chi connectivity index (χ3n) is 2.65. The summed E-state index contributed by atoms with van der Waals surface area (Å²) < 4.78 is 5.26. The number of aryl methyl sites for hydroxylation is 1. The van der Waals surface area contributed by atoms with Gasteiger partial charge in [-0.2, -0.15) is 5.26 Å². The average Bonchev–Trinajstić information content (AvgIpc) is 2.47. The first-order valence-electron chi connectivity index (χ1n) is 6.05. The van der Waals surface area contributed by atoms with Crippen molar-refractivity contribution < 1.29 is 4.74 Å². The van der Waals surface area contributed by atoms with Crippen molar-refractivity contribution in [2.24, 2.45) is 0 Å². The van der Waals surface area contributed by atoms with Gasteiger partial charge < -0.3 is 10.1 Å². The largest absolute Gasteiger partial charge is 0.495 e. The highest BCUT2D eigenvalue weighted by Gasteiger charge is 2.07. The maximum Gasteiger partial charge on any atom is 0.143 e. The van der Waals surface area contributed by atoms with E-state index in [-0.39, 0.29) is 0 Å². The first kappa shape index (κ1) is 14.1. The topological polar surface area (TPSA) is 70.8 Å². The lowest BCUT2D eigenvalue weighted by Crippen LogP contribution is -2.01. The zero-order chi connectivity index (χ0) is 14.5. The second-order valence-electron chi connectivity index (χ2n) is 4.00. The van der Waals surface area contributed by atoms with Crippen molar-refractivity contribution in [1.82, 2.24) is 9.97 Å². The predicted octanol–water partition coefficient (Wildman–Crippen LogP) is 3.32. The van der Waals surface area contributed by atoms with Crippen LogP contribution in [0.1, 0.15) is 18.3 Å². The highest BCUT2D eigenvalue weighted by molar-refractivity contribution is 6.29. The minimum Gasteiger partial charge on any atom is -0.495 e. The monoisotopic (exact) mass is 288 g/mol. The first-order valence-corrected chi connectivity index (χ1v) is 6.42. The third kappa shape index (κ3) is 3.16. The molecule has 0 spiro atoms. The number of benzene rings is 1. The van der Waals surface area contributed by atoms with E-state index in [1.807, 2.05) is 6.92 Å². The van der Waals surface area contributed by atoms with Crippen LogP contribution in [0.5, 0.6) is 5.75 Å². The molecular formula is C14H13ClN4O. The molecule has 6 heteroatoms. The molecule has 0 aliphatic carbocycles. The van der Waals surface area contributed by atoms with E-state index in [2.05, 4.69) is 21.4 Å². The van der Waals surface area contributed by atoms with Crippen LogP contribution in [0.4, 0.5) is 11.5 Å². The number of ether oxygens (including phenoxy) is 1. The molecule has 1 aromatic heterocycles. The fourth-order valence-corrected chi connectivity index (χ4v) is 1.89. The Morgan fingerprint density at radius 2 is 2.15 bits per heavy atom. The summed E-state index contributed by atoms with van der Waals surface area (Å²) in [5, 5.41) is 12.4. The molecule has 0 amide bonds. The molecule has 102 valence electrons. The van der Waals surface area contributed by atoms with Crippen LogP contribution in [-0.4, -0.2) is 17.1 Å². The van der Waals surface area contributed by atoms with E-state index in [1.165, 1.54) is 0 Å². The molecule has 5 nitrogen and oxygen atoms in total. The molecule has 0 unspecified atom stereocenters. The van der Waals surface area contributed by atoms with E-state index >= 15 is 0 Å². The lowest BCUT2D eigenvalue weighted by molar-refractivity contribution is 0.416. The van der Waals surface area contributed by atoms with Crippen LogP contribution in [0.3, 0.4) is 0 Å². The average molecular weight is 289 g/mol. The van der Waals surface area contributed by atoms with Gasteiger partial charge in [-0.15, -0.1) is 0 Å². The molecule has 0 aliphatic heterocycles. The van der Waals surface area contributed by atoms with Crippen molar-refractivity contribution in [2.75, 3.05) is 12.4 Å². The number of nitrogens with one attached hydrogen (secondary N) is 1. The Hall–Kier alpha value is -2.32. The summed E-state index contributed by atoms with van der Waals surface area (Å²) in [6.45, 7) is 1.96. The molecule has 0 aliphatic rings. The Balaban J connectivity index is 2.34. The number of methoxy groups -OCH3 is 1. The summed E-state index contributed by atoms with van der Waals surface area (Å²) in [5.74, 6) is 1.81.